The third-order valence-corrected chi connectivity index (χ3v) is 4.17. The number of β-lactam (4-membered cyclic amide) rings is 1. The van der Waals surface area contributed by atoms with E-state index >= 15 is 0 Å². The van der Waals surface area contributed by atoms with E-state index in [0.717, 1.165) is 24.3 Å². The highest BCUT2D eigenvalue weighted by atomic mass is 32.2. The molecule has 2 aliphatic rings. The van der Waals surface area contributed by atoms with Gasteiger partial charge in [-0.25, -0.2) is 0 Å². The van der Waals surface area contributed by atoms with Crippen molar-refractivity contribution in [3.8, 4) is 0 Å². The van der Waals surface area contributed by atoms with Crippen molar-refractivity contribution in [2.24, 2.45) is 5.73 Å². The Hall–Kier alpha value is -0.420. The number of likely N-dealkylation sites (tertiary alicyclic amines) is 1. The second kappa shape index (κ2) is 3.38. The molecule has 0 spiro atoms. The van der Waals surface area contributed by atoms with Crippen molar-refractivity contribution in [3.63, 3.8) is 0 Å². The Bertz CT molecular complexity index is 247. The fourth-order valence-corrected chi connectivity index (χ4v) is 3.18. The van der Waals surface area contributed by atoms with Crippen molar-refractivity contribution >= 4 is 16.7 Å². The summed E-state index contributed by atoms with van der Waals surface area (Å²) in [4.78, 5) is 13.1. The molecule has 0 aliphatic carbocycles. The molecule has 1 atom stereocenters. The van der Waals surface area contributed by atoms with Crippen LogP contribution in [0.25, 0.3) is 0 Å². The van der Waals surface area contributed by atoms with Crippen LogP contribution in [0.2, 0.25) is 0 Å². The van der Waals surface area contributed by atoms with Crippen molar-refractivity contribution in [1.82, 2.24) is 4.90 Å². The normalized spacial score (nSPS) is 40.2. The molecule has 4 nitrogen and oxygen atoms in total. The number of rotatable bonds is 1. The second-order valence-corrected chi connectivity index (χ2v) is 5.37. The van der Waals surface area contributed by atoms with Crippen molar-refractivity contribution < 1.29 is 9.00 Å². The number of amides is 1. The smallest absolute Gasteiger partial charge is 0.241 e. The third kappa shape index (κ3) is 1.62. The zero-order valence-electron chi connectivity index (χ0n) is 7.44. The Balaban J connectivity index is 1.89. The van der Waals surface area contributed by atoms with Gasteiger partial charge in [0.2, 0.25) is 5.91 Å². The molecule has 13 heavy (non-hydrogen) atoms. The predicted octanol–water partition coefficient (Wildman–Crippen LogP) is -0.933. The van der Waals surface area contributed by atoms with Gasteiger partial charge in [-0.3, -0.25) is 9.00 Å². The highest BCUT2D eigenvalue weighted by Gasteiger charge is 2.39. The molecule has 5 heteroatoms. The van der Waals surface area contributed by atoms with E-state index in [9.17, 15) is 9.00 Å². The van der Waals surface area contributed by atoms with Crippen LogP contribution in [0.4, 0.5) is 0 Å². The molecule has 1 amide bonds. The van der Waals surface area contributed by atoms with E-state index in [0.29, 0.717) is 12.6 Å². The molecule has 2 fully saturated rings. The third-order valence-electron chi connectivity index (χ3n) is 2.79. The minimum Gasteiger partial charge on any atom is -0.336 e. The summed E-state index contributed by atoms with van der Waals surface area (Å²) in [6.45, 7) is 0.691. The second-order valence-electron chi connectivity index (χ2n) is 3.68. The van der Waals surface area contributed by atoms with Gasteiger partial charge in [0, 0.05) is 34.9 Å². The lowest BCUT2D eigenvalue weighted by atomic mass is 10.0. The molecule has 0 radical (unpaired) electrons. The van der Waals surface area contributed by atoms with Crippen LogP contribution in [0.3, 0.4) is 0 Å². The number of hydrogen-bond acceptors (Lipinski definition) is 3. The molecule has 0 aromatic rings. The Kier molecular flexibility index (Phi) is 2.38. The highest BCUT2D eigenvalue weighted by molar-refractivity contribution is 7.85. The van der Waals surface area contributed by atoms with Gasteiger partial charge in [0.25, 0.3) is 0 Å². The minimum absolute atomic E-state index is 0.0673. The van der Waals surface area contributed by atoms with Crippen LogP contribution in [0.1, 0.15) is 12.8 Å². The van der Waals surface area contributed by atoms with Gasteiger partial charge in [-0.15, -0.1) is 0 Å². The summed E-state index contributed by atoms with van der Waals surface area (Å²) < 4.78 is 11.1. The first-order valence-corrected chi connectivity index (χ1v) is 6.08. The summed E-state index contributed by atoms with van der Waals surface area (Å²) in [6.07, 6.45) is 1.76. The van der Waals surface area contributed by atoms with Crippen LogP contribution in [0, 0.1) is 0 Å². The van der Waals surface area contributed by atoms with Crippen LogP contribution >= 0.6 is 0 Å². The maximum atomic E-state index is 11.3. The maximum Gasteiger partial charge on any atom is 0.241 e. The quantitative estimate of drug-likeness (QED) is 0.559. The molecule has 2 N–H and O–H groups in total. The standard InChI is InChI=1S/C8H14N2O2S/c9-7-5-10(8(7)11)6-1-3-13(12)4-2-6/h6-7H,1-5,9H2. The van der Waals surface area contributed by atoms with Crippen LogP contribution in [-0.4, -0.2) is 45.2 Å². The van der Waals surface area contributed by atoms with E-state index in [1.165, 1.54) is 0 Å². The van der Waals surface area contributed by atoms with Gasteiger partial charge in [0.1, 0.15) is 6.04 Å². The molecule has 0 saturated carbocycles. The van der Waals surface area contributed by atoms with Gasteiger partial charge in [0.15, 0.2) is 0 Å². The van der Waals surface area contributed by atoms with Gasteiger partial charge < -0.3 is 10.6 Å². The summed E-state index contributed by atoms with van der Waals surface area (Å²) >= 11 is 0. The number of carbonyl (C=O) groups is 1. The summed E-state index contributed by atoms with van der Waals surface area (Å²) in [5, 5.41) is 0. The van der Waals surface area contributed by atoms with E-state index in [-0.39, 0.29) is 11.9 Å². The molecule has 2 heterocycles. The first-order valence-electron chi connectivity index (χ1n) is 4.59. The van der Waals surface area contributed by atoms with E-state index < -0.39 is 10.8 Å². The molecule has 0 aromatic carbocycles. The van der Waals surface area contributed by atoms with Gasteiger partial charge in [-0.05, 0) is 12.8 Å². The molecule has 2 aliphatic heterocycles. The zero-order chi connectivity index (χ0) is 9.42. The fourth-order valence-electron chi connectivity index (χ4n) is 1.90. The average molecular weight is 202 g/mol. The number of nitrogens with two attached hydrogens (primary N) is 1. The molecule has 74 valence electrons. The van der Waals surface area contributed by atoms with Crippen LogP contribution in [0.5, 0.6) is 0 Å². The average Bonchev–Trinajstić information content (AvgIpc) is 2.15. The topological polar surface area (TPSA) is 63.4 Å². The van der Waals surface area contributed by atoms with E-state index in [4.69, 9.17) is 5.73 Å². The lowest BCUT2D eigenvalue weighted by Gasteiger charge is -2.43. The van der Waals surface area contributed by atoms with Crippen molar-refractivity contribution in [3.05, 3.63) is 0 Å². The summed E-state index contributed by atoms with van der Waals surface area (Å²) in [6, 6.07) is 0.0393. The van der Waals surface area contributed by atoms with E-state index in [1.807, 2.05) is 4.90 Å². The Morgan fingerprint density at radius 2 is 2.00 bits per heavy atom. The molecular weight excluding hydrogens is 188 g/mol. The highest BCUT2D eigenvalue weighted by Crippen LogP contribution is 2.21. The van der Waals surface area contributed by atoms with Gasteiger partial charge >= 0.3 is 0 Å². The molecule has 2 saturated heterocycles. The molecule has 0 bridgehead atoms. The van der Waals surface area contributed by atoms with Crippen LogP contribution in [0.15, 0.2) is 0 Å². The zero-order valence-corrected chi connectivity index (χ0v) is 8.26. The van der Waals surface area contributed by atoms with E-state index in [2.05, 4.69) is 0 Å². The molecule has 1 unspecified atom stereocenters. The number of nitrogens with zero attached hydrogens (tertiary/aromatic N) is 1. The number of carbonyl (C=O) groups excluding carboxylic acids is 1. The van der Waals surface area contributed by atoms with Crippen molar-refractivity contribution in [2.45, 2.75) is 24.9 Å². The summed E-state index contributed by atoms with van der Waals surface area (Å²) in [7, 11) is -0.645. The maximum absolute atomic E-state index is 11.3. The SMILES string of the molecule is NC1CN(C2CCS(=O)CC2)C1=O. The van der Waals surface area contributed by atoms with Crippen LogP contribution in [-0.2, 0) is 15.6 Å². The lowest BCUT2D eigenvalue weighted by molar-refractivity contribution is -0.145. The molecule has 0 aromatic heterocycles. The van der Waals surface area contributed by atoms with Crippen molar-refractivity contribution in [2.75, 3.05) is 18.1 Å². The Morgan fingerprint density at radius 1 is 1.38 bits per heavy atom. The first kappa shape index (κ1) is 9.15. The molecular formula is C8H14N2O2S. The minimum atomic E-state index is -0.645. The Morgan fingerprint density at radius 3 is 2.46 bits per heavy atom. The lowest BCUT2D eigenvalue weighted by Crippen LogP contribution is -2.64. The monoisotopic (exact) mass is 202 g/mol. The van der Waals surface area contributed by atoms with Gasteiger partial charge in [-0.2, -0.15) is 0 Å². The van der Waals surface area contributed by atoms with Crippen LogP contribution < -0.4 is 5.73 Å². The summed E-state index contributed by atoms with van der Waals surface area (Å²) in [5.74, 6) is 1.55. The van der Waals surface area contributed by atoms with Gasteiger partial charge in [-0.1, -0.05) is 0 Å². The van der Waals surface area contributed by atoms with E-state index in [1.54, 1.807) is 0 Å². The van der Waals surface area contributed by atoms with Gasteiger partial charge in [0.05, 0.1) is 0 Å². The largest absolute Gasteiger partial charge is 0.336 e. The summed E-state index contributed by atoms with van der Waals surface area (Å²) in [5.41, 5.74) is 5.50. The fraction of sp³-hybridized carbons (Fsp3) is 0.875. The first-order chi connectivity index (χ1) is 6.18. The molecule has 2 rings (SSSR count). The number of hydrogen-bond donors (Lipinski definition) is 1. The van der Waals surface area contributed by atoms with Crippen molar-refractivity contribution in [1.29, 1.82) is 0 Å². The Labute approximate surface area is 79.9 Å². The predicted molar refractivity (Wildman–Crippen MR) is 50.6 cm³/mol.